The first-order chi connectivity index (χ1) is 12.3. The molecule has 1 N–H and O–H groups in total. The summed E-state index contributed by atoms with van der Waals surface area (Å²) in [6.07, 6.45) is 2.58. The quantitative estimate of drug-likeness (QED) is 0.767. The van der Waals surface area contributed by atoms with Crippen molar-refractivity contribution in [2.75, 3.05) is 6.61 Å². The molecule has 1 aliphatic rings. The van der Waals surface area contributed by atoms with Crippen LogP contribution in [0.5, 0.6) is 5.75 Å². The topological polar surface area (TPSA) is 34.2 Å². The van der Waals surface area contributed by atoms with Gasteiger partial charge in [-0.15, -0.1) is 0 Å². The van der Waals surface area contributed by atoms with E-state index in [1.165, 1.54) is 6.07 Å². The minimum absolute atomic E-state index is 0.00617. The van der Waals surface area contributed by atoms with Crippen LogP contribution in [0.15, 0.2) is 72.9 Å². The molecule has 1 aliphatic heterocycles. The molecule has 3 aromatic rings. The molecule has 0 radical (unpaired) electrons. The number of fused-ring (bicyclic) bond motifs is 1. The number of benzene rings is 2. The fourth-order valence-electron chi connectivity index (χ4n) is 3.28. The minimum Gasteiger partial charge on any atom is -0.493 e. The minimum atomic E-state index is -0.245. The van der Waals surface area contributed by atoms with Crippen LogP contribution in [0.25, 0.3) is 0 Å². The lowest BCUT2D eigenvalue weighted by atomic mass is 9.96. The second kappa shape index (κ2) is 7.03. The molecule has 0 spiro atoms. The van der Waals surface area contributed by atoms with Crippen molar-refractivity contribution in [1.29, 1.82) is 0 Å². The van der Waals surface area contributed by atoms with Crippen LogP contribution in [0.2, 0.25) is 0 Å². The summed E-state index contributed by atoms with van der Waals surface area (Å²) in [5.41, 5.74) is 2.94. The van der Waals surface area contributed by atoms with Crippen LogP contribution in [0.3, 0.4) is 0 Å². The van der Waals surface area contributed by atoms with E-state index in [0.717, 1.165) is 29.0 Å². The number of hydrogen-bond acceptors (Lipinski definition) is 3. The van der Waals surface area contributed by atoms with Crippen molar-refractivity contribution in [3.63, 3.8) is 0 Å². The van der Waals surface area contributed by atoms with Gasteiger partial charge in [0.25, 0.3) is 0 Å². The average Bonchev–Trinajstić information content (AvgIpc) is 2.67. The number of hydrogen-bond donors (Lipinski definition) is 1. The highest BCUT2D eigenvalue weighted by atomic mass is 19.1. The van der Waals surface area contributed by atoms with Gasteiger partial charge in [0, 0.05) is 24.2 Å². The van der Waals surface area contributed by atoms with Crippen molar-refractivity contribution < 1.29 is 9.13 Å². The van der Waals surface area contributed by atoms with Gasteiger partial charge in [0.05, 0.1) is 18.3 Å². The van der Waals surface area contributed by atoms with Gasteiger partial charge in [-0.25, -0.2) is 4.39 Å². The standard InChI is InChI=1S/C21H19FN2O/c22-16-9-10-20-17(14-16)18(11-13-25-20)24-21(15-6-2-1-3-7-15)19-8-4-5-12-23-19/h1-10,12,14,18,21,24H,11,13H2/t18-,21+/m0/s1. The van der Waals surface area contributed by atoms with Gasteiger partial charge < -0.3 is 4.74 Å². The van der Waals surface area contributed by atoms with E-state index in [0.29, 0.717) is 6.61 Å². The molecule has 0 bridgehead atoms. The molecule has 2 aromatic carbocycles. The second-order valence-corrected chi connectivity index (χ2v) is 6.14. The van der Waals surface area contributed by atoms with Crippen LogP contribution in [0.4, 0.5) is 4.39 Å². The molecule has 3 nitrogen and oxygen atoms in total. The molecule has 0 fully saturated rings. The Morgan fingerprint density at radius 1 is 1.04 bits per heavy atom. The van der Waals surface area contributed by atoms with Crippen molar-refractivity contribution in [2.24, 2.45) is 0 Å². The van der Waals surface area contributed by atoms with Gasteiger partial charge in [-0.3, -0.25) is 10.3 Å². The molecule has 4 heteroatoms. The Labute approximate surface area is 146 Å². The van der Waals surface area contributed by atoms with E-state index < -0.39 is 0 Å². The van der Waals surface area contributed by atoms with Gasteiger partial charge in [0.15, 0.2) is 0 Å². The SMILES string of the molecule is Fc1ccc2c(c1)[C@@H](N[C@H](c1ccccc1)c1ccccn1)CCO2. The zero-order chi connectivity index (χ0) is 17.1. The Morgan fingerprint density at radius 3 is 2.68 bits per heavy atom. The van der Waals surface area contributed by atoms with Gasteiger partial charge in [-0.2, -0.15) is 0 Å². The lowest BCUT2D eigenvalue weighted by molar-refractivity contribution is 0.246. The summed E-state index contributed by atoms with van der Waals surface area (Å²) in [6, 6.07) is 20.7. The lowest BCUT2D eigenvalue weighted by Gasteiger charge is -2.30. The van der Waals surface area contributed by atoms with E-state index in [1.54, 1.807) is 18.3 Å². The first-order valence-electron chi connectivity index (χ1n) is 8.45. The summed E-state index contributed by atoms with van der Waals surface area (Å²) in [7, 11) is 0. The molecule has 0 saturated heterocycles. The molecule has 4 rings (SSSR count). The van der Waals surface area contributed by atoms with Crippen LogP contribution >= 0.6 is 0 Å². The predicted molar refractivity (Wildman–Crippen MR) is 94.9 cm³/mol. The Kier molecular flexibility index (Phi) is 4.44. The van der Waals surface area contributed by atoms with Crippen LogP contribution in [0.1, 0.15) is 35.3 Å². The lowest BCUT2D eigenvalue weighted by Crippen LogP contribution is -2.31. The number of nitrogens with zero attached hydrogens (tertiary/aromatic N) is 1. The van der Waals surface area contributed by atoms with Crippen molar-refractivity contribution in [3.8, 4) is 5.75 Å². The van der Waals surface area contributed by atoms with Crippen LogP contribution in [-0.4, -0.2) is 11.6 Å². The van der Waals surface area contributed by atoms with Gasteiger partial charge in [-0.05, 0) is 35.9 Å². The summed E-state index contributed by atoms with van der Waals surface area (Å²) in [6.45, 7) is 0.611. The molecule has 0 unspecified atom stereocenters. The van der Waals surface area contributed by atoms with Gasteiger partial charge >= 0.3 is 0 Å². The molecule has 1 aromatic heterocycles. The first kappa shape index (κ1) is 15.8. The Bertz CT molecular complexity index is 800. The molecule has 2 atom stereocenters. The maximum absolute atomic E-state index is 13.8. The highest BCUT2D eigenvalue weighted by Crippen LogP contribution is 2.35. The zero-order valence-corrected chi connectivity index (χ0v) is 13.7. The Balaban J connectivity index is 1.70. The van der Waals surface area contributed by atoms with Gasteiger partial charge in [0.1, 0.15) is 11.6 Å². The molecule has 25 heavy (non-hydrogen) atoms. The number of halogens is 1. The number of ether oxygens (including phenoxy) is 1. The Morgan fingerprint density at radius 2 is 1.88 bits per heavy atom. The third-order valence-corrected chi connectivity index (χ3v) is 4.50. The fraction of sp³-hybridized carbons (Fsp3) is 0.190. The normalized spacial score (nSPS) is 17.4. The van der Waals surface area contributed by atoms with Crippen LogP contribution in [0, 0.1) is 5.82 Å². The largest absolute Gasteiger partial charge is 0.493 e. The molecule has 0 aliphatic carbocycles. The van der Waals surface area contributed by atoms with E-state index in [9.17, 15) is 4.39 Å². The second-order valence-electron chi connectivity index (χ2n) is 6.14. The summed E-state index contributed by atoms with van der Waals surface area (Å²) in [4.78, 5) is 4.53. The number of rotatable bonds is 4. The van der Waals surface area contributed by atoms with E-state index in [4.69, 9.17) is 4.74 Å². The zero-order valence-electron chi connectivity index (χ0n) is 13.7. The van der Waals surface area contributed by atoms with E-state index >= 15 is 0 Å². The number of pyridine rings is 1. The van der Waals surface area contributed by atoms with Crippen molar-refractivity contribution in [2.45, 2.75) is 18.5 Å². The first-order valence-corrected chi connectivity index (χ1v) is 8.45. The highest BCUT2D eigenvalue weighted by molar-refractivity contribution is 5.39. The summed E-state index contributed by atoms with van der Waals surface area (Å²) in [5, 5.41) is 3.66. The van der Waals surface area contributed by atoms with E-state index in [-0.39, 0.29) is 17.9 Å². The highest BCUT2D eigenvalue weighted by Gasteiger charge is 2.26. The predicted octanol–water partition coefficient (Wildman–Crippen LogP) is 4.42. The van der Waals surface area contributed by atoms with Crippen molar-refractivity contribution >= 4 is 0 Å². The maximum Gasteiger partial charge on any atom is 0.124 e. The molecule has 0 amide bonds. The third kappa shape index (κ3) is 3.39. The summed E-state index contributed by atoms with van der Waals surface area (Å²) < 4.78 is 19.4. The number of nitrogens with one attached hydrogen (secondary N) is 1. The van der Waals surface area contributed by atoms with Crippen molar-refractivity contribution in [1.82, 2.24) is 10.3 Å². The van der Waals surface area contributed by atoms with Crippen molar-refractivity contribution in [3.05, 3.63) is 95.6 Å². The van der Waals surface area contributed by atoms with E-state index in [2.05, 4.69) is 22.4 Å². The smallest absolute Gasteiger partial charge is 0.124 e. The summed E-state index contributed by atoms with van der Waals surface area (Å²) >= 11 is 0. The monoisotopic (exact) mass is 334 g/mol. The van der Waals surface area contributed by atoms with Gasteiger partial charge in [0.2, 0.25) is 0 Å². The Hall–Kier alpha value is -2.72. The third-order valence-electron chi connectivity index (χ3n) is 4.50. The average molecular weight is 334 g/mol. The molecule has 0 saturated carbocycles. The molecular formula is C21H19FN2O. The number of aromatic nitrogens is 1. The molecule has 126 valence electrons. The molecule has 2 heterocycles. The molecular weight excluding hydrogens is 315 g/mol. The summed E-state index contributed by atoms with van der Waals surface area (Å²) in [5.74, 6) is 0.503. The van der Waals surface area contributed by atoms with E-state index in [1.807, 2.05) is 36.4 Å². The van der Waals surface area contributed by atoms with Crippen LogP contribution < -0.4 is 10.1 Å². The maximum atomic E-state index is 13.8. The fourth-order valence-corrected chi connectivity index (χ4v) is 3.28. The van der Waals surface area contributed by atoms with Gasteiger partial charge in [-0.1, -0.05) is 36.4 Å². The van der Waals surface area contributed by atoms with Crippen LogP contribution in [-0.2, 0) is 0 Å².